The van der Waals surface area contributed by atoms with E-state index >= 15 is 0 Å². The molecule has 0 aliphatic carbocycles. The molecule has 23 heavy (non-hydrogen) atoms. The van der Waals surface area contributed by atoms with Gasteiger partial charge < -0.3 is 15.2 Å². The van der Waals surface area contributed by atoms with E-state index < -0.39 is 0 Å². The highest BCUT2D eigenvalue weighted by Gasteiger charge is 2.21. The molecule has 2 N–H and O–H groups in total. The number of ether oxygens (including phenoxy) is 1. The molecule has 1 heterocycles. The maximum absolute atomic E-state index is 12.2. The Labute approximate surface area is 138 Å². The molecule has 5 heteroatoms. The number of aromatic hydroxyl groups is 1. The Kier molecular flexibility index (Phi) is 6.42. The fourth-order valence-electron chi connectivity index (χ4n) is 3.13. The van der Waals surface area contributed by atoms with Gasteiger partial charge in [0.05, 0.1) is 17.8 Å². The quantitative estimate of drug-likeness (QED) is 0.789. The molecule has 1 aliphatic rings. The average molecular weight is 320 g/mol. The summed E-state index contributed by atoms with van der Waals surface area (Å²) in [6.45, 7) is 9.58. The highest BCUT2D eigenvalue weighted by Crippen LogP contribution is 2.22. The van der Waals surface area contributed by atoms with E-state index in [1.807, 2.05) is 19.1 Å². The third-order valence-electron chi connectivity index (χ3n) is 4.18. The number of phenolic OH excluding ortho intramolecular Hbond substituents is 1. The number of rotatable bonds is 6. The lowest BCUT2D eigenvalue weighted by Gasteiger charge is -2.35. The molecule has 1 aromatic rings. The Hall–Kier alpha value is -1.59. The number of benzene rings is 1. The van der Waals surface area contributed by atoms with E-state index in [-0.39, 0.29) is 23.9 Å². The van der Waals surface area contributed by atoms with Gasteiger partial charge >= 0.3 is 0 Å². The number of carbonyl (C=O) groups is 1. The molecule has 1 aliphatic heterocycles. The van der Waals surface area contributed by atoms with Crippen LogP contribution >= 0.6 is 0 Å². The summed E-state index contributed by atoms with van der Waals surface area (Å²) >= 11 is 0. The van der Waals surface area contributed by atoms with Crippen molar-refractivity contribution in [1.29, 1.82) is 0 Å². The van der Waals surface area contributed by atoms with Crippen molar-refractivity contribution < 1.29 is 14.6 Å². The first-order valence-corrected chi connectivity index (χ1v) is 8.48. The van der Waals surface area contributed by atoms with Crippen LogP contribution in [0.1, 0.15) is 43.1 Å². The molecule has 128 valence electrons. The Morgan fingerprint density at radius 3 is 2.70 bits per heavy atom. The lowest BCUT2D eigenvalue weighted by molar-refractivity contribution is -0.0680. The van der Waals surface area contributed by atoms with E-state index in [1.165, 1.54) is 0 Å². The number of nitrogens with zero attached hydrogens (tertiary/aromatic N) is 1. The minimum atomic E-state index is -0.207. The van der Waals surface area contributed by atoms with Crippen molar-refractivity contribution in [2.45, 2.75) is 45.8 Å². The summed E-state index contributed by atoms with van der Waals surface area (Å²) in [7, 11) is 0. The third kappa shape index (κ3) is 4.94. The van der Waals surface area contributed by atoms with Gasteiger partial charge in [-0.2, -0.15) is 0 Å². The molecule has 1 fully saturated rings. The zero-order chi connectivity index (χ0) is 16.8. The number of nitrogens with one attached hydrogen (secondary N) is 1. The Bertz CT molecular complexity index is 523. The SMILES string of the molecule is CCc1cccc(C(=O)NCCCN2C[C@H](C)O[C@@H](C)C2)c1O. The van der Waals surface area contributed by atoms with Gasteiger partial charge in [-0.15, -0.1) is 0 Å². The standard InChI is InChI=1S/C18H28N2O3/c1-4-15-7-5-8-16(17(15)21)18(22)19-9-6-10-20-11-13(2)23-14(3)12-20/h5,7-8,13-14,21H,4,6,9-12H2,1-3H3,(H,19,22)/t13-,14-/m0/s1. The fraction of sp³-hybridized carbons (Fsp3) is 0.611. The molecule has 0 saturated carbocycles. The number of para-hydroxylation sites is 1. The first-order valence-electron chi connectivity index (χ1n) is 8.48. The number of hydrogen-bond acceptors (Lipinski definition) is 4. The van der Waals surface area contributed by atoms with Crippen LogP contribution in [0, 0.1) is 0 Å². The smallest absolute Gasteiger partial charge is 0.255 e. The summed E-state index contributed by atoms with van der Waals surface area (Å²) in [6.07, 6.45) is 2.13. The normalized spacial score (nSPS) is 22.0. The van der Waals surface area contributed by atoms with Crippen molar-refractivity contribution in [2.75, 3.05) is 26.2 Å². The van der Waals surface area contributed by atoms with E-state index in [9.17, 15) is 9.90 Å². The van der Waals surface area contributed by atoms with Crippen LogP contribution in [0.25, 0.3) is 0 Å². The van der Waals surface area contributed by atoms with Gasteiger partial charge in [0.25, 0.3) is 5.91 Å². The first-order chi connectivity index (χ1) is 11.0. The van der Waals surface area contributed by atoms with Gasteiger partial charge in [0.2, 0.25) is 0 Å². The second kappa shape index (κ2) is 8.31. The van der Waals surface area contributed by atoms with Gasteiger partial charge in [0.15, 0.2) is 0 Å². The minimum Gasteiger partial charge on any atom is -0.507 e. The van der Waals surface area contributed by atoms with Crippen LogP contribution in [0.4, 0.5) is 0 Å². The van der Waals surface area contributed by atoms with E-state index in [1.54, 1.807) is 6.07 Å². The number of phenols is 1. The molecular formula is C18H28N2O3. The maximum atomic E-state index is 12.2. The Morgan fingerprint density at radius 1 is 1.35 bits per heavy atom. The summed E-state index contributed by atoms with van der Waals surface area (Å²) in [5.74, 6) is -0.107. The molecular weight excluding hydrogens is 292 g/mol. The average Bonchev–Trinajstić information content (AvgIpc) is 2.50. The molecule has 2 atom stereocenters. The number of aryl methyl sites for hydroxylation is 1. The number of amides is 1. The van der Waals surface area contributed by atoms with Crippen LogP contribution in [0.3, 0.4) is 0 Å². The van der Waals surface area contributed by atoms with Crippen LogP contribution in [0.15, 0.2) is 18.2 Å². The van der Waals surface area contributed by atoms with E-state index in [2.05, 4.69) is 24.1 Å². The van der Waals surface area contributed by atoms with Crippen molar-refractivity contribution in [3.63, 3.8) is 0 Å². The Balaban J connectivity index is 1.77. The van der Waals surface area contributed by atoms with E-state index in [0.29, 0.717) is 18.5 Å². The Morgan fingerprint density at radius 2 is 2.04 bits per heavy atom. The summed E-state index contributed by atoms with van der Waals surface area (Å²) in [4.78, 5) is 14.6. The molecule has 5 nitrogen and oxygen atoms in total. The van der Waals surface area contributed by atoms with E-state index in [0.717, 1.165) is 31.6 Å². The number of hydrogen-bond donors (Lipinski definition) is 2. The van der Waals surface area contributed by atoms with Gasteiger partial charge in [-0.25, -0.2) is 0 Å². The monoisotopic (exact) mass is 320 g/mol. The topological polar surface area (TPSA) is 61.8 Å². The predicted molar refractivity (Wildman–Crippen MR) is 90.9 cm³/mol. The zero-order valence-electron chi connectivity index (χ0n) is 14.3. The molecule has 0 spiro atoms. The van der Waals surface area contributed by atoms with Gasteiger partial charge in [-0.3, -0.25) is 9.69 Å². The number of morpholine rings is 1. The number of carbonyl (C=O) groups excluding carboxylic acids is 1. The van der Waals surface area contributed by atoms with Crippen molar-refractivity contribution >= 4 is 5.91 Å². The first kappa shape index (κ1) is 17.8. The van der Waals surface area contributed by atoms with Crippen molar-refractivity contribution in [2.24, 2.45) is 0 Å². The highest BCUT2D eigenvalue weighted by atomic mass is 16.5. The van der Waals surface area contributed by atoms with Crippen molar-refractivity contribution in [3.05, 3.63) is 29.3 Å². The zero-order valence-corrected chi connectivity index (χ0v) is 14.3. The molecule has 0 radical (unpaired) electrons. The largest absolute Gasteiger partial charge is 0.507 e. The van der Waals surface area contributed by atoms with Crippen LogP contribution in [-0.2, 0) is 11.2 Å². The summed E-state index contributed by atoms with van der Waals surface area (Å²) in [6, 6.07) is 5.31. The third-order valence-corrected chi connectivity index (χ3v) is 4.18. The second-order valence-corrected chi connectivity index (χ2v) is 6.29. The predicted octanol–water partition coefficient (Wildman–Crippen LogP) is 2.18. The lowest BCUT2D eigenvalue weighted by atomic mass is 10.1. The molecule has 0 unspecified atom stereocenters. The molecule has 1 amide bonds. The van der Waals surface area contributed by atoms with E-state index in [4.69, 9.17) is 4.74 Å². The molecule has 2 rings (SSSR count). The lowest BCUT2D eigenvalue weighted by Crippen LogP contribution is -2.46. The van der Waals surface area contributed by atoms with Gasteiger partial charge in [0, 0.05) is 26.2 Å². The van der Waals surface area contributed by atoms with Gasteiger partial charge in [-0.1, -0.05) is 19.1 Å². The van der Waals surface area contributed by atoms with Crippen LogP contribution in [-0.4, -0.2) is 54.3 Å². The van der Waals surface area contributed by atoms with Crippen LogP contribution in [0.5, 0.6) is 5.75 Å². The fourth-order valence-corrected chi connectivity index (χ4v) is 3.13. The summed E-state index contributed by atoms with van der Waals surface area (Å²) in [5.41, 5.74) is 1.16. The molecule has 0 aromatic heterocycles. The van der Waals surface area contributed by atoms with Gasteiger partial charge in [0.1, 0.15) is 5.75 Å². The highest BCUT2D eigenvalue weighted by molar-refractivity contribution is 5.97. The molecule has 1 saturated heterocycles. The molecule has 1 aromatic carbocycles. The van der Waals surface area contributed by atoms with Crippen molar-refractivity contribution in [3.8, 4) is 5.75 Å². The summed E-state index contributed by atoms with van der Waals surface area (Å²) in [5, 5.41) is 13.0. The maximum Gasteiger partial charge on any atom is 0.255 e. The van der Waals surface area contributed by atoms with Crippen LogP contribution < -0.4 is 5.32 Å². The minimum absolute atomic E-state index is 0.100. The second-order valence-electron chi connectivity index (χ2n) is 6.29. The van der Waals surface area contributed by atoms with Gasteiger partial charge in [-0.05, 0) is 38.3 Å². The van der Waals surface area contributed by atoms with Crippen LogP contribution in [0.2, 0.25) is 0 Å². The molecule has 0 bridgehead atoms. The summed E-state index contributed by atoms with van der Waals surface area (Å²) < 4.78 is 5.71. The van der Waals surface area contributed by atoms with Crippen molar-refractivity contribution in [1.82, 2.24) is 10.2 Å².